The second-order valence-corrected chi connectivity index (χ2v) is 5.61. The molecule has 0 bridgehead atoms. The standard InChI is InChI=1S/C15H9ClF3N3O3/c16-10-11(18)8(17)4-6-12(10)22(5-7(13(6)23)14(24)25)9-2-1-3-15(19,20)21-9/h1-5,21H,20H2,(H,24,25). The number of halogens is 4. The van der Waals surface area contributed by atoms with Crippen molar-refractivity contribution in [3.05, 3.63) is 62.9 Å². The third-order valence-electron chi connectivity index (χ3n) is 3.53. The summed E-state index contributed by atoms with van der Waals surface area (Å²) >= 11 is 5.81. The minimum atomic E-state index is -2.48. The number of nitrogens with one attached hydrogen (secondary N) is 1. The van der Waals surface area contributed by atoms with Crippen molar-refractivity contribution in [1.82, 2.24) is 9.88 Å². The number of aromatic carboxylic acids is 1. The number of allylic oxidation sites excluding steroid dienone is 2. The number of rotatable bonds is 2. The smallest absolute Gasteiger partial charge is 0.341 e. The van der Waals surface area contributed by atoms with Crippen LogP contribution in [0.15, 0.2) is 35.3 Å². The number of nitrogens with zero attached hydrogens (tertiary/aromatic N) is 1. The Labute approximate surface area is 142 Å². The third kappa shape index (κ3) is 2.77. The molecule has 1 aliphatic rings. The van der Waals surface area contributed by atoms with E-state index < -0.39 is 44.9 Å². The summed E-state index contributed by atoms with van der Waals surface area (Å²) in [5.41, 5.74) is 3.17. The zero-order chi connectivity index (χ0) is 18.5. The molecule has 1 atom stereocenters. The van der Waals surface area contributed by atoms with Crippen LogP contribution in [0, 0.1) is 11.6 Å². The second-order valence-electron chi connectivity index (χ2n) is 5.23. The van der Waals surface area contributed by atoms with Gasteiger partial charge in [0.1, 0.15) is 16.4 Å². The van der Waals surface area contributed by atoms with Crippen molar-refractivity contribution < 1.29 is 23.1 Å². The van der Waals surface area contributed by atoms with E-state index >= 15 is 0 Å². The summed E-state index contributed by atoms with van der Waals surface area (Å²) in [5, 5.41) is 10.2. The van der Waals surface area contributed by atoms with Gasteiger partial charge in [-0.2, -0.15) is 4.39 Å². The Morgan fingerprint density at radius 3 is 2.68 bits per heavy atom. The van der Waals surface area contributed by atoms with Gasteiger partial charge in [0.2, 0.25) is 5.43 Å². The molecule has 130 valence electrons. The van der Waals surface area contributed by atoms with E-state index in [-0.39, 0.29) is 11.3 Å². The summed E-state index contributed by atoms with van der Waals surface area (Å²) in [6.07, 6.45) is 4.31. The first-order valence-corrected chi connectivity index (χ1v) is 7.12. The molecule has 6 nitrogen and oxygen atoms in total. The summed E-state index contributed by atoms with van der Waals surface area (Å²) < 4.78 is 42.4. The largest absolute Gasteiger partial charge is 0.477 e. The van der Waals surface area contributed by atoms with Crippen LogP contribution < -0.4 is 16.5 Å². The van der Waals surface area contributed by atoms with E-state index in [4.69, 9.17) is 17.3 Å². The van der Waals surface area contributed by atoms with Crippen molar-refractivity contribution in [3.63, 3.8) is 0 Å². The molecule has 10 heteroatoms. The highest BCUT2D eigenvalue weighted by molar-refractivity contribution is 6.35. The van der Waals surface area contributed by atoms with Crippen LogP contribution >= 0.6 is 11.6 Å². The monoisotopic (exact) mass is 371 g/mol. The molecule has 2 aromatic rings. The van der Waals surface area contributed by atoms with Crippen LogP contribution in [0.5, 0.6) is 0 Å². The van der Waals surface area contributed by atoms with Crippen LogP contribution in [0.1, 0.15) is 10.4 Å². The van der Waals surface area contributed by atoms with Gasteiger partial charge >= 0.3 is 5.97 Å². The van der Waals surface area contributed by atoms with Crippen LogP contribution in [-0.4, -0.2) is 21.6 Å². The Balaban J connectivity index is 2.46. The van der Waals surface area contributed by atoms with Crippen LogP contribution in [0.4, 0.5) is 13.2 Å². The lowest BCUT2D eigenvalue weighted by Gasteiger charge is -2.26. The SMILES string of the molecule is NC1(F)C=CC=C(n2cc(C(=O)O)c(=O)c3cc(F)c(F)c(Cl)c32)N1. The molecule has 1 aliphatic heterocycles. The van der Waals surface area contributed by atoms with Crippen LogP contribution in [0.25, 0.3) is 16.7 Å². The molecule has 4 N–H and O–H groups in total. The number of carboxylic acids is 1. The molecule has 0 amide bonds. The fourth-order valence-electron chi connectivity index (χ4n) is 2.43. The number of dihydropyridines is 1. The minimum Gasteiger partial charge on any atom is -0.477 e. The van der Waals surface area contributed by atoms with Crippen molar-refractivity contribution in [1.29, 1.82) is 0 Å². The van der Waals surface area contributed by atoms with E-state index in [0.717, 1.165) is 16.8 Å². The average molecular weight is 372 g/mol. The van der Waals surface area contributed by atoms with Crippen molar-refractivity contribution >= 4 is 34.3 Å². The highest BCUT2D eigenvalue weighted by Gasteiger charge is 2.27. The number of pyridine rings is 1. The van der Waals surface area contributed by atoms with E-state index in [1.165, 1.54) is 12.2 Å². The van der Waals surface area contributed by atoms with E-state index in [2.05, 4.69) is 5.32 Å². The van der Waals surface area contributed by atoms with Crippen molar-refractivity contribution in [3.8, 4) is 0 Å². The lowest BCUT2D eigenvalue weighted by molar-refractivity contribution is 0.0695. The highest BCUT2D eigenvalue weighted by atomic mass is 35.5. The Morgan fingerprint density at radius 1 is 1.40 bits per heavy atom. The third-order valence-corrected chi connectivity index (χ3v) is 3.87. The molecule has 25 heavy (non-hydrogen) atoms. The Hall–Kier alpha value is -2.78. The number of carboxylic acid groups (broad SMARTS) is 1. The lowest BCUT2D eigenvalue weighted by atomic mass is 10.1. The first-order valence-electron chi connectivity index (χ1n) is 6.74. The summed E-state index contributed by atoms with van der Waals surface area (Å²) in [6, 6.07) is 0.534. The van der Waals surface area contributed by atoms with Crippen molar-refractivity contribution in [2.45, 2.75) is 5.92 Å². The van der Waals surface area contributed by atoms with Crippen LogP contribution in [0.3, 0.4) is 0 Å². The number of benzene rings is 1. The molecule has 3 rings (SSSR count). The molecular formula is C15H9ClF3N3O3. The van der Waals surface area contributed by atoms with Gasteiger partial charge in [0.05, 0.1) is 10.9 Å². The lowest BCUT2D eigenvalue weighted by Crippen LogP contribution is -2.48. The van der Waals surface area contributed by atoms with Gasteiger partial charge in [-0.3, -0.25) is 10.5 Å². The Morgan fingerprint density at radius 2 is 2.08 bits per heavy atom. The molecule has 1 aromatic carbocycles. The van der Waals surface area contributed by atoms with Crippen molar-refractivity contribution in [2.24, 2.45) is 5.73 Å². The molecule has 2 heterocycles. The number of carbonyl (C=O) groups is 1. The van der Waals surface area contributed by atoms with Crippen molar-refractivity contribution in [2.75, 3.05) is 0 Å². The van der Waals surface area contributed by atoms with E-state index in [0.29, 0.717) is 6.07 Å². The van der Waals surface area contributed by atoms with Gasteiger partial charge in [-0.1, -0.05) is 17.7 Å². The van der Waals surface area contributed by atoms with Crippen LogP contribution in [-0.2, 0) is 0 Å². The molecule has 0 fully saturated rings. The number of hydrogen-bond acceptors (Lipinski definition) is 4. The fourth-order valence-corrected chi connectivity index (χ4v) is 2.72. The average Bonchev–Trinajstić information content (AvgIpc) is 2.52. The molecule has 1 aromatic heterocycles. The first-order chi connectivity index (χ1) is 11.6. The summed E-state index contributed by atoms with van der Waals surface area (Å²) in [4.78, 5) is 23.6. The zero-order valence-electron chi connectivity index (χ0n) is 12.2. The van der Waals surface area contributed by atoms with Gasteiger partial charge < -0.3 is 15.0 Å². The first kappa shape index (κ1) is 17.1. The van der Waals surface area contributed by atoms with Crippen LogP contribution in [0.2, 0.25) is 5.02 Å². The maximum absolute atomic E-state index is 14.0. The van der Waals surface area contributed by atoms with E-state index in [9.17, 15) is 27.9 Å². The molecule has 0 saturated carbocycles. The molecular weight excluding hydrogens is 363 g/mol. The highest BCUT2D eigenvalue weighted by Crippen LogP contribution is 2.29. The quantitative estimate of drug-likeness (QED) is 0.555. The number of hydrogen-bond donors (Lipinski definition) is 3. The topological polar surface area (TPSA) is 97.3 Å². The van der Waals surface area contributed by atoms with E-state index in [1.54, 1.807) is 0 Å². The maximum Gasteiger partial charge on any atom is 0.341 e. The summed E-state index contributed by atoms with van der Waals surface area (Å²) in [6.45, 7) is 0. The predicted octanol–water partition coefficient (Wildman–Crippen LogP) is 2.17. The van der Waals surface area contributed by atoms with Gasteiger partial charge in [-0.05, 0) is 18.2 Å². The molecule has 1 unspecified atom stereocenters. The number of alkyl halides is 1. The van der Waals surface area contributed by atoms with Gasteiger partial charge in [0.15, 0.2) is 11.6 Å². The molecule has 0 saturated heterocycles. The van der Waals surface area contributed by atoms with E-state index in [1.807, 2.05) is 0 Å². The Kier molecular flexibility index (Phi) is 3.85. The van der Waals surface area contributed by atoms with Gasteiger partial charge in [0, 0.05) is 6.20 Å². The van der Waals surface area contributed by atoms with Gasteiger partial charge in [-0.25, -0.2) is 13.6 Å². The normalized spacial score (nSPS) is 19.6. The molecule has 0 aliphatic carbocycles. The molecule has 0 spiro atoms. The summed E-state index contributed by atoms with van der Waals surface area (Å²) in [7, 11) is 0. The predicted molar refractivity (Wildman–Crippen MR) is 84.7 cm³/mol. The second kappa shape index (κ2) is 5.64. The zero-order valence-corrected chi connectivity index (χ0v) is 12.9. The number of aromatic nitrogens is 1. The minimum absolute atomic E-state index is 0.132. The number of fused-ring (bicyclic) bond motifs is 1. The van der Waals surface area contributed by atoms with Gasteiger partial charge in [0.25, 0.3) is 5.92 Å². The number of nitrogens with two attached hydrogens (primary N) is 1. The Bertz CT molecular complexity index is 1040. The van der Waals surface area contributed by atoms with Gasteiger partial charge in [-0.15, -0.1) is 0 Å². The molecule has 0 radical (unpaired) electrons. The summed E-state index contributed by atoms with van der Waals surface area (Å²) in [5.74, 6) is -7.07. The maximum atomic E-state index is 14.0. The fraction of sp³-hybridized carbons (Fsp3) is 0.0667.